The first-order chi connectivity index (χ1) is 8.60. The Hall–Kier alpha value is -2.03. The molecular formula is C15H16O3. The molecule has 0 aliphatic carbocycles. The van der Waals surface area contributed by atoms with Crippen LogP contribution in [0.25, 0.3) is 6.08 Å². The molecule has 1 atom stereocenters. The predicted octanol–water partition coefficient (Wildman–Crippen LogP) is 2.75. The summed E-state index contributed by atoms with van der Waals surface area (Å²) in [5.41, 5.74) is 3.14. The quantitative estimate of drug-likeness (QED) is 0.466. The summed E-state index contributed by atoms with van der Waals surface area (Å²) in [5.74, 6) is 0.546. The van der Waals surface area contributed by atoms with Crippen LogP contribution in [0.5, 0.6) is 5.75 Å². The normalized spacial score (nSPS) is 17.3. The molecule has 0 radical (unpaired) electrons. The van der Waals surface area contributed by atoms with E-state index in [2.05, 4.69) is 11.3 Å². The molecule has 3 nitrogen and oxygen atoms in total. The van der Waals surface area contributed by atoms with Gasteiger partial charge in [0.2, 0.25) is 0 Å². The van der Waals surface area contributed by atoms with Crippen molar-refractivity contribution in [2.45, 2.75) is 19.4 Å². The third kappa shape index (κ3) is 2.62. The van der Waals surface area contributed by atoms with Gasteiger partial charge in [0.1, 0.15) is 11.9 Å². The Kier molecular flexibility index (Phi) is 3.51. The SMILES string of the molecule is C=C(C)C1Cc2cc(/C=C/C(=O)OC)ccc2O1. The number of rotatable bonds is 3. The molecule has 1 aliphatic heterocycles. The first kappa shape index (κ1) is 12.4. The number of fused-ring (bicyclic) bond motifs is 1. The third-order valence-electron chi connectivity index (χ3n) is 2.92. The molecular weight excluding hydrogens is 228 g/mol. The van der Waals surface area contributed by atoms with Crippen LogP contribution in [0.15, 0.2) is 36.4 Å². The zero-order valence-corrected chi connectivity index (χ0v) is 10.6. The molecule has 1 aromatic carbocycles. The van der Waals surface area contributed by atoms with Gasteiger partial charge >= 0.3 is 5.97 Å². The summed E-state index contributed by atoms with van der Waals surface area (Å²) in [7, 11) is 1.36. The van der Waals surface area contributed by atoms with Crippen LogP contribution < -0.4 is 4.74 Å². The van der Waals surface area contributed by atoms with Crippen LogP contribution in [0, 0.1) is 0 Å². The fourth-order valence-electron chi connectivity index (χ4n) is 1.88. The van der Waals surface area contributed by atoms with Gasteiger partial charge in [-0.25, -0.2) is 4.79 Å². The molecule has 0 fully saturated rings. The van der Waals surface area contributed by atoms with Gasteiger partial charge < -0.3 is 9.47 Å². The lowest BCUT2D eigenvalue weighted by atomic mass is 10.0. The van der Waals surface area contributed by atoms with Gasteiger partial charge in [-0.1, -0.05) is 12.6 Å². The summed E-state index contributed by atoms with van der Waals surface area (Å²) < 4.78 is 10.3. The Bertz CT molecular complexity index is 514. The number of esters is 1. The number of benzene rings is 1. The highest BCUT2D eigenvalue weighted by Gasteiger charge is 2.22. The van der Waals surface area contributed by atoms with Crippen LogP contribution in [0.1, 0.15) is 18.1 Å². The lowest BCUT2D eigenvalue weighted by molar-refractivity contribution is -0.134. The van der Waals surface area contributed by atoms with Gasteiger partial charge in [0.05, 0.1) is 7.11 Å². The molecule has 1 aromatic rings. The Labute approximate surface area is 107 Å². The van der Waals surface area contributed by atoms with Gasteiger partial charge in [0.25, 0.3) is 0 Å². The second-order valence-corrected chi connectivity index (χ2v) is 4.38. The molecule has 0 aromatic heterocycles. The Morgan fingerprint density at radius 3 is 3.00 bits per heavy atom. The average Bonchev–Trinajstić information content (AvgIpc) is 2.79. The monoisotopic (exact) mass is 244 g/mol. The highest BCUT2D eigenvalue weighted by molar-refractivity contribution is 5.87. The molecule has 0 spiro atoms. The zero-order chi connectivity index (χ0) is 13.1. The van der Waals surface area contributed by atoms with Gasteiger partial charge in [-0.2, -0.15) is 0 Å². The minimum atomic E-state index is -0.355. The van der Waals surface area contributed by atoms with Gasteiger partial charge in [-0.3, -0.25) is 0 Å². The van der Waals surface area contributed by atoms with Crippen molar-refractivity contribution >= 4 is 12.0 Å². The predicted molar refractivity (Wildman–Crippen MR) is 70.4 cm³/mol. The first-order valence-corrected chi connectivity index (χ1v) is 5.81. The first-order valence-electron chi connectivity index (χ1n) is 5.81. The van der Waals surface area contributed by atoms with Crippen LogP contribution in [-0.2, 0) is 16.0 Å². The second-order valence-electron chi connectivity index (χ2n) is 4.38. The van der Waals surface area contributed by atoms with Crippen molar-refractivity contribution in [1.29, 1.82) is 0 Å². The van der Waals surface area contributed by atoms with E-state index in [1.165, 1.54) is 13.2 Å². The Morgan fingerprint density at radius 1 is 1.56 bits per heavy atom. The summed E-state index contributed by atoms with van der Waals surface area (Å²) in [6.45, 7) is 5.88. The Morgan fingerprint density at radius 2 is 2.33 bits per heavy atom. The van der Waals surface area contributed by atoms with E-state index in [1.807, 2.05) is 25.1 Å². The molecule has 3 heteroatoms. The van der Waals surface area contributed by atoms with E-state index in [1.54, 1.807) is 6.08 Å². The minimum Gasteiger partial charge on any atom is -0.485 e. The maximum Gasteiger partial charge on any atom is 0.330 e. The van der Waals surface area contributed by atoms with Crippen molar-refractivity contribution in [1.82, 2.24) is 0 Å². The largest absolute Gasteiger partial charge is 0.485 e. The highest BCUT2D eigenvalue weighted by Crippen LogP contribution is 2.32. The van der Waals surface area contributed by atoms with E-state index in [0.717, 1.165) is 28.9 Å². The van der Waals surface area contributed by atoms with Crippen molar-refractivity contribution in [3.05, 3.63) is 47.6 Å². The van der Waals surface area contributed by atoms with Gasteiger partial charge in [-0.15, -0.1) is 0 Å². The van der Waals surface area contributed by atoms with Gasteiger partial charge in [0.15, 0.2) is 0 Å². The number of carbonyl (C=O) groups is 1. The van der Waals surface area contributed by atoms with E-state index in [9.17, 15) is 4.79 Å². The molecule has 0 saturated heterocycles. The van der Waals surface area contributed by atoms with Crippen LogP contribution in [0.3, 0.4) is 0 Å². The maximum absolute atomic E-state index is 11.0. The lowest BCUT2D eigenvalue weighted by Crippen LogP contribution is -2.13. The average molecular weight is 244 g/mol. The van der Waals surface area contributed by atoms with Crippen LogP contribution >= 0.6 is 0 Å². The molecule has 0 amide bonds. The summed E-state index contributed by atoms with van der Waals surface area (Å²) in [4.78, 5) is 11.0. The Balaban J connectivity index is 2.16. The van der Waals surface area contributed by atoms with Crippen molar-refractivity contribution < 1.29 is 14.3 Å². The fourth-order valence-corrected chi connectivity index (χ4v) is 1.88. The number of ether oxygens (including phenoxy) is 2. The zero-order valence-electron chi connectivity index (χ0n) is 10.6. The summed E-state index contributed by atoms with van der Waals surface area (Å²) >= 11 is 0. The number of hydrogen-bond acceptors (Lipinski definition) is 3. The molecule has 0 N–H and O–H groups in total. The second kappa shape index (κ2) is 5.08. The van der Waals surface area contributed by atoms with E-state index in [-0.39, 0.29) is 12.1 Å². The lowest BCUT2D eigenvalue weighted by Gasteiger charge is -2.08. The smallest absolute Gasteiger partial charge is 0.330 e. The van der Waals surface area contributed by atoms with Crippen LogP contribution in [0.4, 0.5) is 0 Å². The fraction of sp³-hybridized carbons (Fsp3) is 0.267. The number of hydrogen-bond donors (Lipinski definition) is 0. The van der Waals surface area contributed by atoms with Crippen molar-refractivity contribution in [2.75, 3.05) is 7.11 Å². The molecule has 18 heavy (non-hydrogen) atoms. The van der Waals surface area contributed by atoms with Crippen molar-refractivity contribution in [3.8, 4) is 5.75 Å². The molecule has 1 aliphatic rings. The van der Waals surface area contributed by atoms with Crippen molar-refractivity contribution in [2.24, 2.45) is 0 Å². The van der Waals surface area contributed by atoms with Crippen molar-refractivity contribution in [3.63, 3.8) is 0 Å². The third-order valence-corrected chi connectivity index (χ3v) is 2.92. The van der Waals surface area contributed by atoms with E-state index in [0.29, 0.717) is 0 Å². The van der Waals surface area contributed by atoms with E-state index >= 15 is 0 Å². The summed E-state index contributed by atoms with van der Waals surface area (Å²) in [5, 5.41) is 0. The van der Waals surface area contributed by atoms with E-state index < -0.39 is 0 Å². The topological polar surface area (TPSA) is 35.5 Å². The number of carbonyl (C=O) groups excluding carboxylic acids is 1. The standard InChI is InChI=1S/C15H16O3/c1-10(2)14-9-12-8-11(4-6-13(12)18-14)5-7-15(16)17-3/h4-8,14H,1,9H2,2-3H3/b7-5+. The minimum absolute atomic E-state index is 0.0693. The molecule has 1 heterocycles. The maximum atomic E-state index is 11.0. The van der Waals surface area contributed by atoms with E-state index in [4.69, 9.17) is 4.74 Å². The van der Waals surface area contributed by atoms with Crippen LogP contribution in [0.2, 0.25) is 0 Å². The number of methoxy groups -OCH3 is 1. The summed E-state index contributed by atoms with van der Waals surface area (Å²) in [6.07, 6.45) is 4.05. The highest BCUT2D eigenvalue weighted by atomic mass is 16.5. The summed E-state index contributed by atoms with van der Waals surface area (Å²) in [6, 6.07) is 5.87. The molecule has 0 saturated carbocycles. The van der Waals surface area contributed by atoms with Gasteiger partial charge in [-0.05, 0) is 41.8 Å². The van der Waals surface area contributed by atoms with Crippen LogP contribution in [-0.4, -0.2) is 19.2 Å². The molecule has 2 rings (SSSR count). The molecule has 0 bridgehead atoms. The van der Waals surface area contributed by atoms with Gasteiger partial charge in [0, 0.05) is 12.5 Å². The molecule has 1 unspecified atom stereocenters. The molecule has 94 valence electrons.